The Labute approximate surface area is 206 Å². The molecule has 2 aliphatic rings. The molecule has 0 bridgehead atoms. The Morgan fingerprint density at radius 1 is 1.12 bits per heavy atom. The number of pyridine rings is 1. The second-order valence-electron chi connectivity index (χ2n) is 9.12. The van der Waals surface area contributed by atoms with E-state index in [1.54, 1.807) is 6.20 Å². The third kappa shape index (κ3) is 6.60. The molecule has 1 amide bonds. The van der Waals surface area contributed by atoms with Gasteiger partial charge in [-0.15, -0.1) is 0 Å². The van der Waals surface area contributed by atoms with Crippen LogP contribution in [0.2, 0.25) is 10.0 Å². The van der Waals surface area contributed by atoms with Crippen molar-refractivity contribution in [3.8, 4) is 11.1 Å². The van der Waals surface area contributed by atoms with Gasteiger partial charge in [0.2, 0.25) is 5.91 Å². The van der Waals surface area contributed by atoms with Crippen LogP contribution >= 0.6 is 23.2 Å². The smallest absolute Gasteiger partial charge is 0.229 e. The molecule has 2 N–H and O–H groups in total. The SMILES string of the molecule is CN1CCCCC(C(=O)Nc2cc(-c3cc(NCC4CCOCC4)ccc3Cl)c(Cl)cn2)C1. The topological polar surface area (TPSA) is 66.5 Å². The number of hydrogen-bond acceptors (Lipinski definition) is 5. The first-order valence-corrected chi connectivity index (χ1v) is 12.5. The van der Waals surface area contributed by atoms with E-state index in [1.165, 1.54) is 0 Å². The minimum absolute atomic E-state index is 0.00231. The number of nitrogens with zero attached hydrogens (tertiary/aromatic N) is 2. The Balaban J connectivity index is 1.49. The van der Waals surface area contributed by atoms with Gasteiger partial charge in [0.1, 0.15) is 5.82 Å². The largest absolute Gasteiger partial charge is 0.385 e. The van der Waals surface area contributed by atoms with Gasteiger partial charge in [-0.25, -0.2) is 4.98 Å². The summed E-state index contributed by atoms with van der Waals surface area (Å²) in [5, 5.41) is 7.61. The van der Waals surface area contributed by atoms with Crippen LogP contribution in [-0.2, 0) is 9.53 Å². The maximum absolute atomic E-state index is 12.9. The standard InChI is InChI=1S/C25H32Cl2N4O2/c1-31-9-3-2-4-18(16-31)25(32)30-24-13-21(23(27)15-29-24)20-12-19(5-6-22(20)26)28-14-17-7-10-33-11-8-17/h5-6,12-13,15,17-18,28H,2-4,7-11,14,16H2,1H3,(H,29,30,32). The number of amides is 1. The molecule has 0 radical (unpaired) electrons. The number of carbonyl (C=O) groups excluding carboxylic acids is 1. The summed E-state index contributed by atoms with van der Waals surface area (Å²) in [5.74, 6) is 1.05. The van der Waals surface area contributed by atoms with Crippen molar-refractivity contribution in [3.05, 3.63) is 40.5 Å². The fourth-order valence-corrected chi connectivity index (χ4v) is 4.97. The summed E-state index contributed by atoms with van der Waals surface area (Å²) < 4.78 is 5.45. The summed E-state index contributed by atoms with van der Waals surface area (Å²) in [6.45, 7) is 4.35. The van der Waals surface area contributed by atoms with Crippen LogP contribution in [0.4, 0.5) is 11.5 Å². The number of carbonyl (C=O) groups is 1. The van der Waals surface area contributed by atoms with Gasteiger partial charge >= 0.3 is 0 Å². The lowest BCUT2D eigenvalue weighted by molar-refractivity contribution is -0.120. The van der Waals surface area contributed by atoms with Crippen molar-refractivity contribution >= 4 is 40.6 Å². The fourth-order valence-electron chi connectivity index (χ4n) is 4.54. The zero-order chi connectivity index (χ0) is 23.2. The molecule has 8 heteroatoms. The lowest BCUT2D eigenvalue weighted by Gasteiger charge is -2.23. The summed E-state index contributed by atoms with van der Waals surface area (Å²) in [6, 6.07) is 7.67. The number of halogens is 2. The van der Waals surface area contributed by atoms with Crippen molar-refractivity contribution in [1.82, 2.24) is 9.88 Å². The van der Waals surface area contributed by atoms with Gasteiger partial charge in [-0.1, -0.05) is 29.6 Å². The van der Waals surface area contributed by atoms with Crippen molar-refractivity contribution in [3.63, 3.8) is 0 Å². The van der Waals surface area contributed by atoms with Gasteiger partial charge in [0.25, 0.3) is 0 Å². The maximum Gasteiger partial charge on any atom is 0.229 e. The van der Waals surface area contributed by atoms with Crippen LogP contribution in [0, 0.1) is 11.8 Å². The van der Waals surface area contributed by atoms with Crippen LogP contribution in [0.3, 0.4) is 0 Å². The highest BCUT2D eigenvalue weighted by atomic mass is 35.5. The first-order valence-electron chi connectivity index (χ1n) is 11.8. The van der Waals surface area contributed by atoms with E-state index in [1.807, 2.05) is 24.3 Å². The molecule has 3 heterocycles. The minimum atomic E-state index is -0.0419. The van der Waals surface area contributed by atoms with Crippen molar-refractivity contribution in [2.45, 2.75) is 32.1 Å². The highest BCUT2D eigenvalue weighted by molar-refractivity contribution is 6.36. The second kappa shape index (κ2) is 11.5. The summed E-state index contributed by atoms with van der Waals surface area (Å²) >= 11 is 13.1. The molecule has 33 heavy (non-hydrogen) atoms. The van der Waals surface area contributed by atoms with E-state index in [2.05, 4.69) is 27.6 Å². The van der Waals surface area contributed by atoms with Crippen LogP contribution < -0.4 is 10.6 Å². The van der Waals surface area contributed by atoms with Crippen molar-refractivity contribution in [2.24, 2.45) is 11.8 Å². The van der Waals surface area contributed by atoms with Gasteiger partial charge in [0, 0.05) is 54.3 Å². The average Bonchev–Trinajstić information content (AvgIpc) is 3.05. The summed E-state index contributed by atoms with van der Waals surface area (Å²) in [4.78, 5) is 19.5. The zero-order valence-corrected chi connectivity index (χ0v) is 20.6. The average molecular weight is 491 g/mol. The molecule has 6 nitrogen and oxygen atoms in total. The summed E-state index contributed by atoms with van der Waals surface area (Å²) in [7, 11) is 2.06. The molecular formula is C25H32Cl2N4O2. The summed E-state index contributed by atoms with van der Waals surface area (Å²) in [5.41, 5.74) is 2.55. The highest BCUT2D eigenvalue weighted by Crippen LogP contribution is 2.36. The fraction of sp³-hybridized carbons (Fsp3) is 0.520. The maximum atomic E-state index is 12.9. The van der Waals surface area contributed by atoms with Gasteiger partial charge in [-0.05, 0) is 69.5 Å². The quantitative estimate of drug-likeness (QED) is 0.554. The first kappa shape index (κ1) is 24.3. The predicted molar refractivity (Wildman–Crippen MR) is 135 cm³/mol. The van der Waals surface area contributed by atoms with Gasteiger partial charge in [-0.3, -0.25) is 4.79 Å². The number of aromatic nitrogens is 1. The van der Waals surface area contributed by atoms with E-state index in [-0.39, 0.29) is 11.8 Å². The molecule has 0 saturated carbocycles. The Hall–Kier alpha value is -1.86. The van der Waals surface area contributed by atoms with Gasteiger partial charge in [0.15, 0.2) is 0 Å². The third-order valence-corrected chi connectivity index (χ3v) is 7.17. The lowest BCUT2D eigenvalue weighted by Crippen LogP contribution is -2.32. The zero-order valence-electron chi connectivity index (χ0n) is 19.1. The Morgan fingerprint density at radius 2 is 1.91 bits per heavy atom. The number of likely N-dealkylation sites (tertiary alicyclic amines) is 1. The molecule has 1 unspecified atom stereocenters. The number of rotatable bonds is 6. The van der Waals surface area contributed by atoms with E-state index >= 15 is 0 Å². The van der Waals surface area contributed by atoms with E-state index in [9.17, 15) is 4.79 Å². The molecule has 0 aliphatic carbocycles. The van der Waals surface area contributed by atoms with Crippen LogP contribution in [0.1, 0.15) is 32.1 Å². The number of nitrogens with one attached hydrogen (secondary N) is 2. The first-order chi connectivity index (χ1) is 16.0. The molecule has 4 rings (SSSR count). The monoisotopic (exact) mass is 490 g/mol. The van der Waals surface area contributed by atoms with Crippen LogP contribution in [0.25, 0.3) is 11.1 Å². The molecule has 1 aromatic carbocycles. The Morgan fingerprint density at radius 3 is 2.73 bits per heavy atom. The van der Waals surface area contributed by atoms with Crippen molar-refractivity contribution in [2.75, 3.05) is 50.5 Å². The van der Waals surface area contributed by atoms with Crippen LogP contribution in [0.15, 0.2) is 30.5 Å². The van der Waals surface area contributed by atoms with Gasteiger partial charge in [0.05, 0.1) is 10.9 Å². The molecular weight excluding hydrogens is 459 g/mol. The van der Waals surface area contributed by atoms with Crippen molar-refractivity contribution < 1.29 is 9.53 Å². The molecule has 2 aromatic rings. The molecule has 1 aromatic heterocycles. The van der Waals surface area contributed by atoms with Gasteiger partial charge in [-0.2, -0.15) is 0 Å². The molecule has 2 aliphatic heterocycles. The molecule has 178 valence electrons. The molecule has 2 saturated heterocycles. The van der Waals surface area contributed by atoms with Gasteiger partial charge < -0.3 is 20.3 Å². The third-order valence-electron chi connectivity index (χ3n) is 6.54. The lowest BCUT2D eigenvalue weighted by atomic mass is 10.00. The minimum Gasteiger partial charge on any atom is -0.385 e. The van der Waals surface area contributed by atoms with Crippen LogP contribution in [0.5, 0.6) is 0 Å². The predicted octanol–water partition coefficient (Wildman–Crippen LogP) is 5.56. The van der Waals surface area contributed by atoms with Crippen molar-refractivity contribution in [1.29, 1.82) is 0 Å². The van der Waals surface area contributed by atoms with E-state index in [0.717, 1.165) is 81.8 Å². The van der Waals surface area contributed by atoms with E-state index < -0.39 is 0 Å². The normalized spacial score (nSPS) is 20.3. The Bertz CT molecular complexity index is 965. The molecule has 2 fully saturated rings. The number of anilines is 2. The van der Waals surface area contributed by atoms with E-state index in [4.69, 9.17) is 27.9 Å². The highest BCUT2D eigenvalue weighted by Gasteiger charge is 2.23. The van der Waals surface area contributed by atoms with Crippen LogP contribution in [-0.4, -0.2) is 55.7 Å². The summed E-state index contributed by atoms with van der Waals surface area (Å²) in [6.07, 6.45) is 6.80. The molecule has 0 spiro atoms. The molecule has 1 atom stereocenters. The van der Waals surface area contributed by atoms with E-state index in [0.29, 0.717) is 21.8 Å². The number of hydrogen-bond donors (Lipinski definition) is 2. The Kier molecular flexibility index (Phi) is 8.47. The number of benzene rings is 1. The second-order valence-corrected chi connectivity index (χ2v) is 9.94. The number of ether oxygens (including phenoxy) is 1.